The predicted molar refractivity (Wildman–Crippen MR) is 70.4 cm³/mol. The molecule has 0 aliphatic carbocycles. The fourth-order valence-electron chi connectivity index (χ4n) is 2.37. The Hall–Kier alpha value is -1.21. The molecule has 2 heterocycles. The van der Waals surface area contributed by atoms with Gasteiger partial charge in [0.2, 0.25) is 5.95 Å². The first-order chi connectivity index (χ1) is 8.81. The highest BCUT2D eigenvalue weighted by molar-refractivity contribution is 5.27. The molecular weight excluding hydrogens is 230 g/mol. The van der Waals surface area contributed by atoms with E-state index in [1.165, 1.54) is 6.42 Å². The molecule has 1 aromatic heterocycles. The summed E-state index contributed by atoms with van der Waals surface area (Å²) in [5, 5.41) is 11.7. The summed E-state index contributed by atoms with van der Waals surface area (Å²) in [5.74, 6) is 0.874. The van der Waals surface area contributed by atoms with Crippen molar-refractivity contribution in [3.8, 4) is 0 Å². The molecule has 1 aliphatic rings. The standard InChI is InChI=1S/C11H23N7/c1-16-11(13-14-15-16)18-8-4-7-17(9-10-18)6-3-2-5-12/h2-10,12H2,1H3. The van der Waals surface area contributed by atoms with E-state index in [4.69, 9.17) is 5.73 Å². The number of hydrogen-bond donors (Lipinski definition) is 1. The zero-order chi connectivity index (χ0) is 12.8. The highest BCUT2D eigenvalue weighted by atomic mass is 15.6. The molecule has 102 valence electrons. The number of aromatic nitrogens is 4. The van der Waals surface area contributed by atoms with Gasteiger partial charge in [-0.1, -0.05) is 5.10 Å². The van der Waals surface area contributed by atoms with Crippen LogP contribution in [0.5, 0.6) is 0 Å². The van der Waals surface area contributed by atoms with Gasteiger partial charge < -0.3 is 15.5 Å². The third-order valence-corrected chi connectivity index (χ3v) is 3.40. The van der Waals surface area contributed by atoms with Gasteiger partial charge in [0.15, 0.2) is 0 Å². The molecule has 1 aliphatic heterocycles. The molecule has 0 amide bonds. The van der Waals surface area contributed by atoms with E-state index in [0.717, 1.165) is 58.1 Å². The normalized spacial score (nSPS) is 18.0. The van der Waals surface area contributed by atoms with Gasteiger partial charge in [0.05, 0.1) is 0 Å². The topological polar surface area (TPSA) is 76.1 Å². The van der Waals surface area contributed by atoms with Crippen LogP contribution in [0.15, 0.2) is 0 Å². The smallest absolute Gasteiger partial charge is 0.245 e. The van der Waals surface area contributed by atoms with E-state index in [9.17, 15) is 0 Å². The summed E-state index contributed by atoms with van der Waals surface area (Å²) in [7, 11) is 1.89. The Morgan fingerprint density at radius 3 is 2.78 bits per heavy atom. The number of aryl methyl sites for hydroxylation is 1. The molecule has 7 nitrogen and oxygen atoms in total. The molecule has 0 aromatic carbocycles. The highest BCUT2D eigenvalue weighted by Crippen LogP contribution is 2.11. The van der Waals surface area contributed by atoms with Gasteiger partial charge in [-0.25, -0.2) is 4.68 Å². The molecule has 0 saturated carbocycles. The van der Waals surface area contributed by atoms with Crippen molar-refractivity contribution in [2.24, 2.45) is 12.8 Å². The van der Waals surface area contributed by atoms with Crippen molar-refractivity contribution in [2.75, 3.05) is 44.2 Å². The molecule has 2 N–H and O–H groups in total. The van der Waals surface area contributed by atoms with Crippen LogP contribution in [0.1, 0.15) is 19.3 Å². The lowest BCUT2D eigenvalue weighted by molar-refractivity contribution is 0.287. The van der Waals surface area contributed by atoms with Crippen LogP contribution >= 0.6 is 0 Å². The van der Waals surface area contributed by atoms with Crippen LogP contribution < -0.4 is 10.6 Å². The Labute approximate surface area is 108 Å². The van der Waals surface area contributed by atoms with Crippen LogP contribution in [0.25, 0.3) is 0 Å². The average Bonchev–Trinajstić information content (AvgIpc) is 2.66. The highest BCUT2D eigenvalue weighted by Gasteiger charge is 2.18. The molecule has 18 heavy (non-hydrogen) atoms. The SMILES string of the molecule is Cn1nnnc1N1CCCN(CCCCN)CC1. The Morgan fingerprint density at radius 2 is 2.06 bits per heavy atom. The largest absolute Gasteiger partial charge is 0.338 e. The average molecular weight is 253 g/mol. The van der Waals surface area contributed by atoms with E-state index in [1.54, 1.807) is 4.68 Å². The number of nitrogens with zero attached hydrogens (tertiary/aromatic N) is 6. The van der Waals surface area contributed by atoms with E-state index in [1.807, 2.05) is 7.05 Å². The van der Waals surface area contributed by atoms with Gasteiger partial charge in [0.1, 0.15) is 0 Å². The van der Waals surface area contributed by atoms with Crippen LogP contribution in [-0.2, 0) is 7.05 Å². The van der Waals surface area contributed by atoms with E-state index in [2.05, 4.69) is 25.3 Å². The van der Waals surface area contributed by atoms with E-state index in [-0.39, 0.29) is 0 Å². The number of nitrogens with two attached hydrogens (primary N) is 1. The minimum absolute atomic E-state index is 0.796. The Balaban J connectivity index is 1.83. The molecule has 0 bridgehead atoms. The molecule has 0 spiro atoms. The first kappa shape index (κ1) is 13.2. The van der Waals surface area contributed by atoms with Gasteiger partial charge in [-0.05, 0) is 49.3 Å². The summed E-state index contributed by atoms with van der Waals surface area (Å²) in [4.78, 5) is 4.78. The van der Waals surface area contributed by atoms with Crippen molar-refractivity contribution in [3.63, 3.8) is 0 Å². The maximum Gasteiger partial charge on any atom is 0.245 e. The van der Waals surface area contributed by atoms with Crippen molar-refractivity contribution < 1.29 is 0 Å². The summed E-state index contributed by atoms with van der Waals surface area (Å²) < 4.78 is 1.74. The van der Waals surface area contributed by atoms with Crippen molar-refractivity contribution >= 4 is 5.95 Å². The van der Waals surface area contributed by atoms with Crippen molar-refractivity contribution in [1.29, 1.82) is 0 Å². The molecule has 0 atom stereocenters. The number of tetrazole rings is 1. The Kier molecular flexibility index (Phi) is 4.89. The van der Waals surface area contributed by atoms with Crippen molar-refractivity contribution in [1.82, 2.24) is 25.1 Å². The summed E-state index contributed by atoms with van der Waals surface area (Å²) >= 11 is 0. The lowest BCUT2D eigenvalue weighted by Gasteiger charge is -2.21. The molecule has 0 unspecified atom stereocenters. The predicted octanol–water partition coefficient (Wildman–Crippen LogP) is -0.539. The zero-order valence-corrected chi connectivity index (χ0v) is 11.1. The van der Waals surface area contributed by atoms with Gasteiger partial charge in [0.25, 0.3) is 0 Å². The van der Waals surface area contributed by atoms with Crippen LogP contribution in [0, 0.1) is 0 Å². The minimum atomic E-state index is 0.796. The Morgan fingerprint density at radius 1 is 1.17 bits per heavy atom. The molecule has 0 radical (unpaired) electrons. The fraction of sp³-hybridized carbons (Fsp3) is 0.909. The van der Waals surface area contributed by atoms with Crippen molar-refractivity contribution in [3.05, 3.63) is 0 Å². The fourth-order valence-corrected chi connectivity index (χ4v) is 2.37. The lowest BCUT2D eigenvalue weighted by Crippen LogP contribution is -2.32. The second-order valence-corrected chi connectivity index (χ2v) is 4.78. The first-order valence-electron chi connectivity index (χ1n) is 6.71. The Bertz CT molecular complexity index is 351. The number of anilines is 1. The first-order valence-corrected chi connectivity index (χ1v) is 6.71. The van der Waals surface area contributed by atoms with Crippen molar-refractivity contribution in [2.45, 2.75) is 19.3 Å². The number of unbranched alkanes of at least 4 members (excludes halogenated alkanes) is 1. The maximum absolute atomic E-state index is 5.53. The molecule has 7 heteroatoms. The molecule has 1 saturated heterocycles. The van der Waals surface area contributed by atoms with Crippen LogP contribution in [0.2, 0.25) is 0 Å². The van der Waals surface area contributed by atoms with Gasteiger partial charge in [-0.15, -0.1) is 0 Å². The van der Waals surface area contributed by atoms with Crippen LogP contribution in [0.4, 0.5) is 5.95 Å². The second-order valence-electron chi connectivity index (χ2n) is 4.78. The molecule has 2 rings (SSSR count). The maximum atomic E-state index is 5.53. The number of rotatable bonds is 5. The third-order valence-electron chi connectivity index (χ3n) is 3.40. The van der Waals surface area contributed by atoms with E-state index in [0.29, 0.717) is 0 Å². The van der Waals surface area contributed by atoms with Crippen LogP contribution in [0.3, 0.4) is 0 Å². The summed E-state index contributed by atoms with van der Waals surface area (Å²) in [5.41, 5.74) is 5.53. The monoisotopic (exact) mass is 253 g/mol. The summed E-state index contributed by atoms with van der Waals surface area (Å²) in [6, 6.07) is 0. The number of hydrogen-bond acceptors (Lipinski definition) is 6. The van der Waals surface area contributed by atoms with Gasteiger partial charge in [-0.3, -0.25) is 0 Å². The van der Waals surface area contributed by atoms with E-state index < -0.39 is 0 Å². The second kappa shape index (κ2) is 6.65. The van der Waals surface area contributed by atoms with E-state index >= 15 is 0 Å². The van der Waals surface area contributed by atoms with Gasteiger partial charge in [-0.2, -0.15) is 0 Å². The molecule has 1 aromatic rings. The lowest BCUT2D eigenvalue weighted by atomic mass is 10.3. The zero-order valence-electron chi connectivity index (χ0n) is 11.1. The quantitative estimate of drug-likeness (QED) is 0.710. The van der Waals surface area contributed by atoms with Gasteiger partial charge in [0, 0.05) is 26.7 Å². The summed E-state index contributed by atoms with van der Waals surface area (Å²) in [6.07, 6.45) is 3.48. The summed E-state index contributed by atoms with van der Waals surface area (Å²) in [6.45, 7) is 6.22. The molecular formula is C11H23N7. The molecule has 1 fully saturated rings. The third kappa shape index (κ3) is 3.39. The van der Waals surface area contributed by atoms with Crippen LogP contribution in [-0.4, -0.2) is 64.4 Å². The van der Waals surface area contributed by atoms with Gasteiger partial charge >= 0.3 is 0 Å². The minimum Gasteiger partial charge on any atom is -0.338 e.